The molecule has 2 heterocycles. The van der Waals surface area contributed by atoms with E-state index in [1.807, 2.05) is 4.90 Å². The molecule has 1 amide bonds. The Labute approximate surface area is 172 Å². The Kier molecular flexibility index (Phi) is 6.70. The Hall–Kier alpha value is -1.84. The van der Waals surface area contributed by atoms with Crippen LogP contribution in [-0.2, 0) is 9.53 Å². The van der Waals surface area contributed by atoms with Crippen LogP contribution in [0.4, 0.5) is 24.5 Å². The van der Waals surface area contributed by atoms with Gasteiger partial charge >= 0.3 is 12.1 Å². The second-order valence-corrected chi connectivity index (χ2v) is 7.78. The molecular formula is C19H24ClF3N3O3+. The standard InChI is InChI=1S/C19H23ClF3N3O3/c1-24-6-8-25(9-7-24)14-2-3-15(17(20)27)16(12-14)26(18(28)19(21,22)23)13-4-10-29-11-5-13/h2-3,12-13H,4-11H2,1H3/p+1. The molecule has 2 aliphatic rings. The summed E-state index contributed by atoms with van der Waals surface area (Å²) in [6.45, 7) is 3.72. The third-order valence-corrected chi connectivity index (χ3v) is 5.66. The molecule has 10 heteroatoms. The number of carbonyl (C=O) groups is 2. The van der Waals surface area contributed by atoms with Crippen molar-refractivity contribution in [3.63, 3.8) is 0 Å². The molecule has 0 aromatic heterocycles. The highest BCUT2D eigenvalue weighted by Gasteiger charge is 2.46. The summed E-state index contributed by atoms with van der Waals surface area (Å²) in [5.41, 5.74) is 0.462. The number of anilines is 2. The number of halogens is 4. The van der Waals surface area contributed by atoms with Crippen LogP contribution in [0.15, 0.2) is 18.2 Å². The molecular weight excluding hydrogens is 411 g/mol. The van der Waals surface area contributed by atoms with E-state index in [0.29, 0.717) is 10.6 Å². The van der Waals surface area contributed by atoms with E-state index in [1.165, 1.54) is 17.0 Å². The summed E-state index contributed by atoms with van der Waals surface area (Å²) in [7, 11) is 2.08. The second-order valence-electron chi connectivity index (χ2n) is 7.44. The highest BCUT2D eigenvalue weighted by Crippen LogP contribution is 2.35. The first kappa shape index (κ1) is 21.9. The molecule has 2 fully saturated rings. The van der Waals surface area contributed by atoms with Gasteiger partial charge in [0, 0.05) is 24.9 Å². The summed E-state index contributed by atoms with van der Waals surface area (Å²) >= 11 is 5.67. The zero-order valence-corrected chi connectivity index (χ0v) is 16.9. The second kappa shape index (κ2) is 8.89. The SMILES string of the molecule is C[NH+]1CCN(c2ccc(C(=O)Cl)c(N(C(=O)C(F)(F)F)C3CCOCC3)c2)CC1. The maximum absolute atomic E-state index is 13.4. The minimum atomic E-state index is -5.07. The first-order chi connectivity index (χ1) is 13.7. The quantitative estimate of drug-likeness (QED) is 0.729. The molecule has 2 aliphatic heterocycles. The summed E-state index contributed by atoms with van der Waals surface area (Å²) in [4.78, 5) is 28.4. The molecule has 2 saturated heterocycles. The number of ether oxygens (including phenoxy) is 1. The predicted octanol–water partition coefficient (Wildman–Crippen LogP) is 1.47. The van der Waals surface area contributed by atoms with Crippen molar-refractivity contribution in [2.24, 2.45) is 0 Å². The van der Waals surface area contributed by atoms with Gasteiger partial charge in [-0.25, -0.2) is 0 Å². The molecule has 29 heavy (non-hydrogen) atoms. The van der Waals surface area contributed by atoms with E-state index in [2.05, 4.69) is 7.05 Å². The molecule has 6 nitrogen and oxygen atoms in total. The van der Waals surface area contributed by atoms with Gasteiger partial charge in [-0.2, -0.15) is 13.2 Å². The van der Waals surface area contributed by atoms with Crippen molar-refractivity contribution in [2.45, 2.75) is 25.1 Å². The summed E-state index contributed by atoms with van der Waals surface area (Å²) in [6.07, 6.45) is -4.57. The van der Waals surface area contributed by atoms with Gasteiger partial charge in [0.05, 0.1) is 44.5 Å². The van der Waals surface area contributed by atoms with Crippen LogP contribution in [-0.4, -0.2) is 69.8 Å². The maximum Gasteiger partial charge on any atom is 0.471 e. The third-order valence-electron chi connectivity index (χ3n) is 5.45. The summed E-state index contributed by atoms with van der Waals surface area (Å²) in [5, 5.41) is -0.901. The molecule has 0 saturated carbocycles. The number of nitrogens with one attached hydrogen (secondary N) is 1. The number of likely N-dealkylation sites (N-methyl/N-ethyl adjacent to an activating group) is 1. The maximum atomic E-state index is 13.4. The number of hydrogen-bond acceptors (Lipinski definition) is 4. The zero-order chi connectivity index (χ0) is 21.2. The van der Waals surface area contributed by atoms with Gasteiger partial charge in [-0.1, -0.05) is 0 Å². The van der Waals surface area contributed by atoms with E-state index in [0.717, 1.165) is 26.2 Å². The number of amides is 1. The van der Waals surface area contributed by atoms with E-state index in [1.54, 1.807) is 6.07 Å². The lowest BCUT2D eigenvalue weighted by molar-refractivity contribution is -0.880. The molecule has 0 unspecified atom stereocenters. The van der Waals surface area contributed by atoms with Gasteiger partial charge in [0.15, 0.2) is 0 Å². The van der Waals surface area contributed by atoms with Crippen molar-refractivity contribution >= 4 is 34.1 Å². The summed E-state index contributed by atoms with van der Waals surface area (Å²) < 4.78 is 45.5. The van der Waals surface area contributed by atoms with Gasteiger partial charge in [0.2, 0.25) is 0 Å². The molecule has 0 radical (unpaired) electrons. The van der Waals surface area contributed by atoms with E-state index in [9.17, 15) is 22.8 Å². The van der Waals surface area contributed by atoms with Gasteiger partial charge in [-0.05, 0) is 42.6 Å². The van der Waals surface area contributed by atoms with Gasteiger partial charge in [0.25, 0.3) is 5.24 Å². The van der Waals surface area contributed by atoms with Gasteiger partial charge in [-0.3, -0.25) is 9.59 Å². The molecule has 1 aromatic carbocycles. The average molecular weight is 435 g/mol. The number of nitrogens with zero attached hydrogens (tertiary/aromatic N) is 2. The van der Waals surface area contributed by atoms with Crippen molar-refractivity contribution < 1.29 is 32.4 Å². The van der Waals surface area contributed by atoms with Gasteiger partial charge in [0.1, 0.15) is 0 Å². The normalized spacial score (nSPS) is 19.3. The number of rotatable bonds is 4. The number of benzene rings is 1. The Bertz CT molecular complexity index is 761. The lowest BCUT2D eigenvalue weighted by Crippen LogP contribution is -3.12. The predicted molar refractivity (Wildman–Crippen MR) is 103 cm³/mol. The van der Waals surface area contributed by atoms with E-state index in [4.69, 9.17) is 16.3 Å². The first-order valence-electron chi connectivity index (χ1n) is 9.56. The highest BCUT2D eigenvalue weighted by molar-refractivity contribution is 6.68. The smallest absolute Gasteiger partial charge is 0.381 e. The van der Waals surface area contributed by atoms with E-state index < -0.39 is 23.4 Å². The molecule has 0 bridgehead atoms. The Morgan fingerprint density at radius 2 is 1.83 bits per heavy atom. The van der Waals surface area contributed by atoms with Crippen molar-refractivity contribution in [1.82, 2.24) is 0 Å². The monoisotopic (exact) mass is 434 g/mol. The average Bonchev–Trinajstić information content (AvgIpc) is 2.68. The topological polar surface area (TPSA) is 54.3 Å². The molecule has 0 spiro atoms. The number of hydrogen-bond donors (Lipinski definition) is 1. The van der Waals surface area contributed by atoms with Crippen LogP contribution in [0.25, 0.3) is 0 Å². The molecule has 1 N–H and O–H groups in total. The number of piperazine rings is 1. The molecule has 3 rings (SSSR count). The van der Waals surface area contributed by atoms with Crippen LogP contribution >= 0.6 is 11.6 Å². The molecule has 0 aliphatic carbocycles. The minimum absolute atomic E-state index is 0.0944. The fraction of sp³-hybridized carbons (Fsp3) is 0.579. The summed E-state index contributed by atoms with van der Waals surface area (Å²) in [5.74, 6) is -2.00. The highest BCUT2D eigenvalue weighted by atomic mass is 35.5. The van der Waals surface area contributed by atoms with Crippen molar-refractivity contribution in [1.29, 1.82) is 0 Å². The number of alkyl halides is 3. The fourth-order valence-corrected chi connectivity index (χ4v) is 3.94. The molecule has 160 valence electrons. The van der Waals surface area contributed by atoms with Crippen LogP contribution in [0.1, 0.15) is 23.2 Å². The van der Waals surface area contributed by atoms with Crippen molar-refractivity contribution in [3.8, 4) is 0 Å². The van der Waals surface area contributed by atoms with Crippen molar-refractivity contribution in [2.75, 3.05) is 56.2 Å². The van der Waals surface area contributed by atoms with Gasteiger partial charge < -0.3 is 19.4 Å². The van der Waals surface area contributed by atoms with Crippen LogP contribution in [0.2, 0.25) is 0 Å². The first-order valence-corrected chi connectivity index (χ1v) is 9.94. The molecule has 1 aromatic rings. The fourth-order valence-electron chi connectivity index (χ4n) is 3.78. The van der Waals surface area contributed by atoms with Crippen LogP contribution in [0, 0.1) is 0 Å². The zero-order valence-electron chi connectivity index (χ0n) is 16.1. The Balaban J connectivity index is 2.05. The van der Waals surface area contributed by atoms with Crippen LogP contribution in [0.3, 0.4) is 0 Å². The lowest BCUT2D eigenvalue weighted by atomic mass is 10.0. The van der Waals surface area contributed by atoms with Crippen LogP contribution in [0.5, 0.6) is 0 Å². The van der Waals surface area contributed by atoms with Gasteiger partial charge in [-0.15, -0.1) is 0 Å². The summed E-state index contributed by atoms with van der Waals surface area (Å²) in [6, 6.07) is 3.83. The largest absolute Gasteiger partial charge is 0.471 e. The van der Waals surface area contributed by atoms with E-state index in [-0.39, 0.29) is 37.3 Å². The minimum Gasteiger partial charge on any atom is -0.381 e. The lowest BCUT2D eigenvalue weighted by Gasteiger charge is -2.37. The van der Waals surface area contributed by atoms with Crippen molar-refractivity contribution in [3.05, 3.63) is 23.8 Å². The van der Waals surface area contributed by atoms with Crippen LogP contribution < -0.4 is 14.7 Å². The third kappa shape index (κ3) is 5.02. The number of quaternary nitrogens is 1. The number of carbonyl (C=O) groups excluding carboxylic acids is 2. The molecule has 0 atom stereocenters. The van der Waals surface area contributed by atoms with E-state index >= 15 is 0 Å². The Morgan fingerprint density at radius 1 is 1.21 bits per heavy atom. The Morgan fingerprint density at radius 3 is 2.38 bits per heavy atom.